The Balaban J connectivity index is 2.11. The second-order valence-electron chi connectivity index (χ2n) is 5.64. The number of nitrogens with zero attached hydrogens (tertiary/aromatic N) is 4. The van der Waals surface area contributed by atoms with Crippen LogP contribution in [-0.2, 0) is 16.2 Å². The fraction of sp³-hybridized carbons (Fsp3) is 0.118. The first kappa shape index (κ1) is 19.5. The summed E-state index contributed by atoms with van der Waals surface area (Å²) < 4.78 is 67.5. The molecule has 0 aliphatic heterocycles. The molecule has 0 radical (unpaired) electrons. The highest BCUT2D eigenvalue weighted by atomic mass is 32.2. The van der Waals surface area contributed by atoms with Crippen LogP contribution in [0.25, 0.3) is 17.1 Å². The lowest BCUT2D eigenvalue weighted by Gasteiger charge is -2.09. The van der Waals surface area contributed by atoms with Crippen LogP contribution in [0.2, 0.25) is 0 Å². The zero-order valence-corrected chi connectivity index (χ0v) is 15.1. The topological polar surface area (TPSA) is 100 Å². The molecular weight excluding hydrogens is 397 g/mol. The van der Waals surface area contributed by atoms with Gasteiger partial charge in [0.1, 0.15) is 5.82 Å². The lowest BCUT2D eigenvalue weighted by Crippen LogP contribution is -2.14. The molecule has 11 heteroatoms. The summed E-state index contributed by atoms with van der Waals surface area (Å²) in [7, 11) is -4.18. The molecule has 2 heterocycles. The van der Waals surface area contributed by atoms with Crippen LogP contribution in [0.15, 0.2) is 64.3 Å². The van der Waals surface area contributed by atoms with Crippen LogP contribution < -0.4 is 5.11 Å². The summed E-state index contributed by atoms with van der Waals surface area (Å²) in [6, 6.07) is 8.00. The normalized spacial score (nSPS) is 12.9. The van der Waals surface area contributed by atoms with Crippen molar-refractivity contribution in [2.75, 3.05) is 0 Å². The summed E-state index contributed by atoms with van der Waals surface area (Å²) in [6.07, 6.45) is -1.01. The third-order valence-corrected chi connectivity index (χ3v) is 4.94. The molecule has 1 aromatic carbocycles. The fourth-order valence-electron chi connectivity index (χ4n) is 2.41. The third kappa shape index (κ3) is 4.03. The van der Waals surface area contributed by atoms with Crippen molar-refractivity contribution in [1.82, 2.24) is 14.5 Å². The van der Waals surface area contributed by atoms with Crippen molar-refractivity contribution >= 4 is 15.9 Å². The van der Waals surface area contributed by atoms with E-state index in [1.54, 1.807) is 12.1 Å². The van der Waals surface area contributed by atoms with Gasteiger partial charge in [-0.15, -0.1) is 0 Å². The first-order chi connectivity index (χ1) is 13.1. The molecule has 0 aliphatic rings. The van der Waals surface area contributed by atoms with Gasteiger partial charge in [-0.1, -0.05) is 0 Å². The Bertz CT molecular complexity index is 1120. The molecule has 0 unspecified atom stereocenters. The van der Waals surface area contributed by atoms with Crippen molar-refractivity contribution in [1.29, 1.82) is 0 Å². The summed E-state index contributed by atoms with van der Waals surface area (Å²) in [6.45, 7) is 0.996. The van der Waals surface area contributed by atoms with Crippen LogP contribution in [0.1, 0.15) is 12.6 Å². The average molecular weight is 409 g/mol. The molecule has 2 aromatic heterocycles. The molecule has 0 aliphatic carbocycles. The largest absolute Gasteiger partial charge is 0.861 e. The predicted molar refractivity (Wildman–Crippen MR) is 92.1 cm³/mol. The molecule has 0 saturated carbocycles. The number of benzene rings is 1. The van der Waals surface area contributed by atoms with Gasteiger partial charge < -0.3 is 5.11 Å². The van der Waals surface area contributed by atoms with Gasteiger partial charge in [0, 0.05) is 29.8 Å². The molecular formula is C17H12F3N4O3S-. The molecule has 146 valence electrons. The van der Waals surface area contributed by atoms with Crippen LogP contribution in [-0.4, -0.2) is 28.9 Å². The molecule has 0 amide bonds. The monoisotopic (exact) mass is 409 g/mol. The first-order valence-electron chi connectivity index (χ1n) is 7.74. The minimum absolute atomic E-state index is 0.00976. The van der Waals surface area contributed by atoms with E-state index in [2.05, 4.69) is 14.4 Å². The molecule has 0 N–H and O–H groups in total. The summed E-state index contributed by atoms with van der Waals surface area (Å²) in [5, 5.41) is 10.9. The highest BCUT2D eigenvalue weighted by Gasteiger charge is 2.35. The zero-order valence-electron chi connectivity index (χ0n) is 14.3. The van der Waals surface area contributed by atoms with Gasteiger partial charge in [0.25, 0.3) is 10.0 Å². The minimum atomic E-state index is -4.66. The Morgan fingerprint density at radius 1 is 1.18 bits per heavy atom. The summed E-state index contributed by atoms with van der Waals surface area (Å²) in [4.78, 5) is 7.28. The van der Waals surface area contributed by atoms with Crippen molar-refractivity contribution in [2.45, 2.75) is 18.0 Å². The standard InChI is InChI=1S/C17H13F3N4O3S/c1-11(25)23-28(26,27)14-6-4-13(5-7-14)24-10-15(17(18,19)20)22-16(24)12-3-2-8-21-9-12/h2-10H,1H3,(H,23,25)/p-1. The predicted octanol–water partition coefficient (Wildman–Crippen LogP) is 2.42. The number of hydrogen-bond donors (Lipinski definition) is 0. The fourth-order valence-corrected chi connectivity index (χ4v) is 3.34. The van der Waals surface area contributed by atoms with Gasteiger partial charge in [-0.3, -0.25) is 9.55 Å². The lowest BCUT2D eigenvalue weighted by molar-refractivity contribution is -0.215. The Kier molecular flexibility index (Phi) is 4.94. The lowest BCUT2D eigenvalue weighted by atomic mass is 10.2. The summed E-state index contributed by atoms with van der Waals surface area (Å²) >= 11 is 0. The number of imidazole rings is 1. The maximum absolute atomic E-state index is 13.1. The zero-order chi connectivity index (χ0) is 20.5. The van der Waals surface area contributed by atoms with Gasteiger partial charge in [-0.05, 0) is 49.2 Å². The van der Waals surface area contributed by atoms with Crippen LogP contribution in [0.3, 0.4) is 0 Å². The molecule has 3 aromatic rings. The number of halogens is 3. The van der Waals surface area contributed by atoms with Crippen LogP contribution in [0, 0.1) is 0 Å². The Hall–Kier alpha value is -3.21. The van der Waals surface area contributed by atoms with Gasteiger partial charge in [-0.2, -0.15) is 26.0 Å². The number of aromatic nitrogens is 3. The molecule has 0 fully saturated rings. The number of hydrogen-bond acceptors (Lipinski definition) is 5. The van der Waals surface area contributed by atoms with Crippen molar-refractivity contribution in [3.05, 3.63) is 60.7 Å². The summed E-state index contributed by atoms with van der Waals surface area (Å²) in [5.41, 5.74) is -0.514. The Morgan fingerprint density at radius 2 is 1.86 bits per heavy atom. The second-order valence-corrected chi connectivity index (χ2v) is 7.24. The molecule has 7 nitrogen and oxygen atoms in total. The van der Waals surface area contributed by atoms with Gasteiger partial charge >= 0.3 is 6.18 Å². The highest BCUT2D eigenvalue weighted by molar-refractivity contribution is 7.90. The number of pyridine rings is 1. The van der Waals surface area contributed by atoms with Crippen molar-refractivity contribution in [2.24, 2.45) is 4.40 Å². The van der Waals surface area contributed by atoms with E-state index in [-0.39, 0.29) is 16.4 Å². The van der Waals surface area contributed by atoms with Crippen molar-refractivity contribution < 1.29 is 26.7 Å². The van der Waals surface area contributed by atoms with E-state index >= 15 is 0 Å². The summed E-state index contributed by atoms with van der Waals surface area (Å²) in [5.74, 6) is -0.892. The van der Waals surface area contributed by atoms with E-state index in [4.69, 9.17) is 0 Å². The van der Waals surface area contributed by atoms with E-state index < -0.39 is 27.8 Å². The van der Waals surface area contributed by atoms with E-state index in [1.165, 1.54) is 29.1 Å². The van der Waals surface area contributed by atoms with E-state index in [9.17, 15) is 26.7 Å². The van der Waals surface area contributed by atoms with Crippen molar-refractivity contribution in [3.8, 4) is 17.1 Å². The maximum atomic E-state index is 13.1. The third-order valence-electron chi connectivity index (χ3n) is 3.58. The maximum Gasteiger partial charge on any atom is 0.434 e. The quantitative estimate of drug-likeness (QED) is 0.487. The number of alkyl halides is 3. The van der Waals surface area contributed by atoms with Crippen LogP contribution in [0.4, 0.5) is 13.2 Å². The highest BCUT2D eigenvalue weighted by Crippen LogP contribution is 2.32. The Labute approximate surface area is 157 Å². The first-order valence-corrected chi connectivity index (χ1v) is 9.18. The average Bonchev–Trinajstić information content (AvgIpc) is 3.07. The molecule has 3 rings (SSSR count). The van der Waals surface area contributed by atoms with Gasteiger partial charge in [0.05, 0.1) is 4.90 Å². The molecule has 0 spiro atoms. The molecule has 0 bridgehead atoms. The van der Waals surface area contributed by atoms with E-state index in [0.29, 0.717) is 5.56 Å². The van der Waals surface area contributed by atoms with Crippen molar-refractivity contribution in [3.63, 3.8) is 0 Å². The minimum Gasteiger partial charge on any atom is -0.861 e. The van der Waals surface area contributed by atoms with Gasteiger partial charge in [-0.25, -0.2) is 4.98 Å². The van der Waals surface area contributed by atoms with E-state index in [0.717, 1.165) is 25.3 Å². The second kappa shape index (κ2) is 7.08. The molecule has 0 atom stereocenters. The van der Waals surface area contributed by atoms with E-state index in [1.807, 2.05) is 0 Å². The number of rotatable bonds is 4. The molecule has 0 saturated heterocycles. The smallest absolute Gasteiger partial charge is 0.434 e. The van der Waals surface area contributed by atoms with Crippen LogP contribution in [0.5, 0.6) is 0 Å². The van der Waals surface area contributed by atoms with Gasteiger partial charge in [0.15, 0.2) is 5.69 Å². The number of sulfonamides is 1. The molecule has 28 heavy (non-hydrogen) atoms. The van der Waals surface area contributed by atoms with Gasteiger partial charge in [0.2, 0.25) is 0 Å². The SMILES string of the molecule is C/C([O-])=N/S(=O)(=O)c1ccc(-n2cc(C(F)(F)F)nc2-c2cccnc2)cc1. The van der Waals surface area contributed by atoms with Crippen LogP contribution >= 0.6 is 0 Å². The Morgan fingerprint density at radius 3 is 2.39 bits per heavy atom.